The third kappa shape index (κ3) is 4.56. The Bertz CT molecular complexity index is 1020. The number of benzene rings is 1. The van der Waals surface area contributed by atoms with Crippen LogP contribution in [0.5, 0.6) is 6.01 Å². The van der Waals surface area contributed by atoms with Gasteiger partial charge in [-0.3, -0.25) is 19.3 Å². The van der Waals surface area contributed by atoms with Gasteiger partial charge in [-0.15, -0.1) is 0 Å². The van der Waals surface area contributed by atoms with Crippen molar-refractivity contribution in [2.24, 2.45) is 0 Å². The first kappa shape index (κ1) is 21.7. The van der Waals surface area contributed by atoms with Gasteiger partial charge >= 0.3 is 12.2 Å². The minimum atomic E-state index is -4.58. The number of amides is 3. The van der Waals surface area contributed by atoms with E-state index in [0.717, 1.165) is 17.2 Å². The van der Waals surface area contributed by atoms with E-state index in [2.05, 4.69) is 9.97 Å². The molecule has 0 aliphatic carbocycles. The van der Waals surface area contributed by atoms with Gasteiger partial charge in [0.2, 0.25) is 11.8 Å². The quantitative estimate of drug-likeness (QED) is 0.668. The summed E-state index contributed by atoms with van der Waals surface area (Å²) in [6.45, 7) is 0.709. The van der Waals surface area contributed by atoms with Gasteiger partial charge in [0.05, 0.1) is 5.69 Å². The average Bonchev–Trinajstić information content (AvgIpc) is 3.11. The molecule has 1 aromatic carbocycles. The number of aromatic nitrogens is 2. The van der Waals surface area contributed by atoms with Gasteiger partial charge in [0.15, 0.2) is 5.69 Å². The monoisotopic (exact) mass is 448 g/mol. The van der Waals surface area contributed by atoms with E-state index in [4.69, 9.17) is 4.74 Å². The van der Waals surface area contributed by atoms with Crippen LogP contribution >= 0.6 is 0 Å². The van der Waals surface area contributed by atoms with Crippen molar-refractivity contribution in [3.05, 3.63) is 47.8 Å². The third-order valence-electron chi connectivity index (χ3n) is 5.35. The lowest BCUT2D eigenvalue weighted by atomic mass is 10.1. The van der Waals surface area contributed by atoms with Crippen LogP contribution in [0, 0.1) is 0 Å². The fourth-order valence-corrected chi connectivity index (χ4v) is 3.68. The standard InChI is InChI=1S/C21H19F3N4O4/c22-21(23,24)16-7-10-25-20(26-16)32-15-8-11-27(12-9-15)19(31)13-1-3-14(4-2-13)28-17(29)5-6-18(28)30/h1-4,7,10,15H,5-6,8-9,11-12H2. The summed E-state index contributed by atoms with van der Waals surface area (Å²) >= 11 is 0. The highest BCUT2D eigenvalue weighted by atomic mass is 19.4. The van der Waals surface area contributed by atoms with Crippen molar-refractivity contribution < 1.29 is 32.3 Å². The van der Waals surface area contributed by atoms with Crippen molar-refractivity contribution >= 4 is 23.4 Å². The second-order valence-corrected chi connectivity index (χ2v) is 7.50. The zero-order chi connectivity index (χ0) is 22.9. The summed E-state index contributed by atoms with van der Waals surface area (Å²) in [5, 5.41) is 0. The Morgan fingerprint density at radius 1 is 1.00 bits per heavy atom. The minimum absolute atomic E-state index is 0.183. The van der Waals surface area contributed by atoms with Crippen LogP contribution in [0.2, 0.25) is 0 Å². The van der Waals surface area contributed by atoms with E-state index in [1.165, 1.54) is 0 Å². The zero-order valence-electron chi connectivity index (χ0n) is 16.8. The van der Waals surface area contributed by atoms with Crippen LogP contribution in [0.25, 0.3) is 0 Å². The molecule has 8 nitrogen and oxygen atoms in total. The van der Waals surface area contributed by atoms with Crippen molar-refractivity contribution in [2.45, 2.75) is 38.0 Å². The van der Waals surface area contributed by atoms with Gasteiger partial charge in [-0.05, 0) is 30.3 Å². The summed E-state index contributed by atoms with van der Waals surface area (Å²) in [5.41, 5.74) is -0.230. The first-order valence-corrected chi connectivity index (χ1v) is 10.0. The van der Waals surface area contributed by atoms with Gasteiger partial charge in [-0.2, -0.15) is 18.2 Å². The van der Waals surface area contributed by atoms with Crippen molar-refractivity contribution in [2.75, 3.05) is 18.0 Å². The second-order valence-electron chi connectivity index (χ2n) is 7.50. The predicted molar refractivity (Wildman–Crippen MR) is 105 cm³/mol. The van der Waals surface area contributed by atoms with Crippen molar-refractivity contribution in [1.29, 1.82) is 0 Å². The number of imide groups is 1. The number of rotatable bonds is 4. The SMILES string of the molecule is O=C(c1ccc(N2C(=O)CCC2=O)cc1)N1CCC(Oc2nccc(C(F)(F)F)n2)CC1. The van der Waals surface area contributed by atoms with E-state index in [0.29, 0.717) is 37.2 Å². The van der Waals surface area contributed by atoms with Crippen LogP contribution in [0.15, 0.2) is 36.5 Å². The van der Waals surface area contributed by atoms with E-state index < -0.39 is 18.0 Å². The predicted octanol–water partition coefficient (Wildman–Crippen LogP) is 2.83. The maximum atomic E-state index is 12.8. The van der Waals surface area contributed by atoms with E-state index in [1.54, 1.807) is 29.2 Å². The molecule has 3 heterocycles. The average molecular weight is 448 g/mol. The van der Waals surface area contributed by atoms with Crippen molar-refractivity contribution in [1.82, 2.24) is 14.9 Å². The van der Waals surface area contributed by atoms with E-state index >= 15 is 0 Å². The number of carbonyl (C=O) groups excluding carboxylic acids is 3. The van der Waals surface area contributed by atoms with Gasteiger partial charge in [-0.1, -0.05) is 0 Å². The Hall–Kier alpha value is -3.50. The highest BCUT2D eigenvalue weighted by Gasteiger charge is 2.34. The third-order valence-corrected chi connectivity index (χ3v) is 5.35. The largest absolute Gasteiger partial charge is 0.460 e. The highest BCUT2D eigenvalue weighted by Crippen LogP contribution is 2.28. The second kappa shape index (κ2) is 8.56. The Morgan fingerprint density at radius 2 is 1.62 bits per heavy atom. The zero-order valence-corrected chi connectivity index (χ0v) is 16.8. The number of anilines is 1. The molecule has 0 atom stereocenters. The molecule has 1 aromatic heterocycles. The van der Waals surface area contributed by atoms with Gasteiger partial charge in [0.1, 0.15) is 6.10 Å². The minimum Gasteiger partial charge on any atom is -0.460 e. The number of alkyl halides is 3. The molecule has 2 aliphatic rings. The maximum absolute atomic E-state index is 12.8. The lowest BCUT2D eigenvalue weighted by Gasteiger charge is -2.31. The van der Waals surface area contributed by atoms with Crippen LogP contribution in [0.4, 0.5) is 18.9 Å². The molecule has 2 fully saturated rings. The fourth-order valence-electron chi connectivity index (χ4n) is 3.68. The van der Waals surface area contributed by atoms with Crippen LogP contribution < -0.4 is 9.64 Å². The lowest BCUT2D eigenvalue weighted by molar-refractivity contribution is -0.141. The smallest absolute Gasteiger partial charge is 0.433 e. The molecular formula is C21H19F3N4O4. The number of carbonyl (C=O) groups is 3. The molecule has 0 N–H and O–H groups in total. The number of ether oxygens (including phenoxy) is 1. The number of likely N-dealkylation sites (tertiary alicyclic amines) is 1. The molecule has 11 heteroatoms. The normalized spacial score (nSPS) is 17.7. The topological polar surface area (TPSA) is 92.7 Å². The number of nitrogens with zero attached hydrogens (tertiary/aromatic N) is 4. The maximum Gasteiger partial charge on any atom is 0.433 e. The van der Waals surface area contributed by atoms with Gasteiger partial charge in [0.25, 0.3) is 5.91 Å². The lowest BCUT2D eigenvalue weighted by Crippen LogP contribution is -2.42. The van der Waals surface area contributed by atoms with Crippen LogP contribution in [0.3, 0.4) is 0 Å². The van der Waals surface area contributed by atoms with E-state index in [-0.39, 0.29) is 36.6 Å². The summed E-state index contributed by atoms with van der Waals surface area (Å²) in [5.74, 6) is -0.744. The molecule has 3 amide bonds. The Labute approximate surface area is 181 Å². The van der Waals surface area contributed by atoms with Gasteiger partial charge in [0, 0.05) is 50.5 Å². The van der Waals surface area contributed by atoms with E-state index in [1.807, 2.05) is 0 Å². The van der Waals surface area contributed by atoms with Gasteiger partial charge < -0.3 is 9.64 Å². The van der Waals surface area contributed by atoms with Crippen LogP contribution in [0.1, 0.15) is 41.7 Å². The summed E-state index contributed by atoms with van der Waals surface area (Å²) < 4.78 is 43.8. The summed E-state index contributed by atoms with van der Waals surface area (Å²) in [7, 11) is 0. The molecule has 0 radical (unpaired) electrons. The molecule has 2 aromatic rings. The molecule has 2 saturated heterocycles. The van der Waals surface area contributed by atoms with Crippen molar-refractivity contribution in [3.63, 3.8) is 0 Å². The molecule has 0 spiro atoms. The Morgan fingerprint density at radius 3 is 2.22 bits per heavy atom. The summed E-state index contributed by atoms with van der Waals surface area (Å²) in [6.07, 6.45) is -2.79. The molecule has 0 unspecified atom stereocenters. The molecule has 168 valence electrons. The Kier molecular flexibility index (Phi) is 5.81. The molecule has 2 aliphatic heterocycles. The molecule has 0 saturated carbocycles. The highest BCUT2D eigenvalue weighted by molar-refractivity contribution is 6.19. The number of hydrogen-bond acceptors (Lipinski definition) is 6. The first-order valence-electron chi connectivity index (χ1n) is 10.0. The molecule has 4 rings (SSSR count). The number of hydrogen-bond donors (Lipinski definition) is 0. The number of halogens is 3. The fraction of sp³-hybridized carbons (Fsp3) is 0.381. The van der Waals surface area contributed by atoms with Gasteiger partial charge in [-0.25, -0.2) is 4.98 Å². The van der Waals surface area contributed by atoms with E-state index in [9.17, 15) is 27.6 Å². The summed E-state index contributed by atoms with van der Waals surface area (Å²) in [6, 6.07) is 6.69. The molecular weight excluding hydrogens is 429 g/mol. The Balaban J connectivity index is 1.34. The summed E-state index contributed by atoms with van der Waals surface area (Å²) in [4.78, 5) is 46.3. The van der Waals surface area contributed by atoms with Crippen LogP contribution in [-0.2, 0) is 15.8 Å². The van der Waals surface area contributed by atoms with Crippen molar-refractivity contribution in [3.8, 4) is 6.01 Å². The first-order chi connectivity index (χ1) is 15.2. The van der Waals surface area contributed by atoms with Crippen LogP contribution in [-0.4, -0.2) is 51.8 Å². The molecule has 32 heavy (non-hydrogen) atoms. The molecule has 0 bridgehead atoms. The number of piperidine rings is 1.